The fraction of sp³-hybridized carbons (Fsp3) is 0.455. The lowest BCUT2D eigenvalue weighted by Gasteiger charge is -2.32. The van der Waals surface area contributed by atoms with E-state index in [4.69, 9.17) is 0 Å². The zero-order chi connectivity index (χ0) is 31.5. The highest BCUT2D eigenvalue weighted by Gasteiger charge is 2.29. The smallest absolute Gasteiger partial charge is 0.0911 e. The number of rotatable bonds is 6. The Bertz CT molecular complexity index is 1420. The minimum atomic E-state index is -0.671. The largest absolute Gasteiger partial charge is 0.386 e. The van der Waals surface area contributed by atoms with Crippen molar-refractivity contribution in [3.8, 4) is 0 Å². The monoisotopic (exact) mass is 573 g/mol. The maximum Gasteiger partial charge on any atom is 0.0911 e. The van der Waals surface area contributed by atoms with Gasteiger partial charge in [-0.15, -0.1) is 0 Å². The van der Waals surface area contributed by atoms with E-state index < -0.39 is 16.6 Å². The summed E-state index contributed by atoms with van der Waals surface area (Å²) in [6, 6.07) is 11.7. The number of hydroxylamine groups is 3. The summed E-state index contributed by atoms with van der Waals surface area (Å²) >= 11 is 0. The average Bonchev–Trinajstić information content (AvgIpc) is 2.92. The molecule has 0 aromatic heterocycles. The summed E-state index contributed by atoms with van der Waals surface area (Å²) in [6.45, 7) is 16.9. The van der Waals surface area contributed by atoms with Gasteiger partial charge in [0.1, 0.15) is 0 Å². The van der Waals surface area contributed by atoms with E-state index in [2.05, 4.69) is 16.0 Å². The van der Waals surface area contributed by atoms with Crippen molar-refractivity contribution < 1.29 is 15.6 Å². The van der Waals surface area contributed by atoms with Crippen molar-refractivity contribution in [2.45, 2.75) is 78.9 Å². The zero-order valence-electron chi connectivity index (χ0n) is 27.0. The standard InChI is InChI=1S/C33H45N6O3/c1-31(2,3)37(40)28-16-22-19(13-25(28)34-10)23-17-29(38(41)32(4,5)6)27(36-12)15-21(23)24-18-30(39(42)33(7,8)9)26(35-11)14-20(22)24/h13-18,34-36H,1-12H3. The molecule has 9 heteroatoms. The summed E-state index contributed by atoms with van der Waals surface area (Å²) in [5.74, 6) is 0. The van der Waals surface area contributed by atoms with Gasteiger partial charge in [0.25, 0.3) is 0 Å². The predicted molar refractivity (Wildman–Crippen MR) is 176 cm³/mol. The number of benzene rings is 4. The highest BCUT2D eigenvalue weighted by molar-refractivity contribution is 6.28. The van der Waals surface area contributed by atoms with E-state index in [0.717, 1.165) is 47.5 Å². The van der Waals surface area contributed by atoms with E-state index in [1.807, 2.05) is 98.7 Å². The van der Waals surface area contributed by atoms with Gasteiger partial charge in [-0.3, -0.25) is 0 Å². The Morgan fingerprint density at radius 3 is 0.762 bits per heavy atom. The van der Waals surface area contributed by atoms with Gasteiger partial charge in [-0.2, -0.15) is 0 Å². The Kier molecular flexibility index (Phi) is 7.86. The molecule has 0 aliphatic carbocycles. The Labute approximate surface area is 249 Å². The van der Waals surface area contributed by atoms with Crippen LogP contribution in [0.15, 0.2) is 36.4 Å². The number of nitrogens with one attached hydrogen (secondary N) is 3. The van der Waals surface area contributed by atoms with Crippen molar-refractivity contribution in [1.29, 1.82) is 0 Å². The van der Waals surface area contributed by atoms with Gasteiger partial charge in [0.05, 0.1) is 50.7 Å². The van der Waals surface area contributed by atoms with Crippen molar-refractivity contribution in [3.05, 3.63) is 36.4 Å². The predicted octanol–water partition coefficient (Wildman–Crippen LogP) is 8.12. The molecular weight excluding hydrogens is 528 g/mol. The summed E-state index contributed by atoms with van der Waals surface area (Å²) in [6.07, 6.45) is 0. The number of hydrogen-bond donors (Lipinski definition) is 3. The van der Waals surface area contributed by atoms with E-state index in [9.17, 15) is 15.6 Å². The van der Waals surface area contributed by atoms with Gasteiger partial charge in [0.15, 0.2) is 0 Å². The topological polar surface area (TPSA) is 106 Å². The van der Waals surface area contributed by atoms with Crippen LogP contribution in [0.1, 0.15) is 62.3 Å². The van der Waals surface area contributed by atoms with Crippen LogP contribution in [-0.4, -0.2) is 37.8 Å². The lowest BCUT2D eigenvalue weighted by Crippen LogP contribution is -2.38. The second kappa shape index (κ2) is 10.6. The van der Waals surface area contributed by atoms with Gasteiger partial charge >= 0.3 is 0 Å². The molecule has 0 amide bonds. The van der Waals surface area contributed by atoms with Gasteiger partial charge in [0, 0.05) is 21.1 Å². The molecule has 0 fully saturated rings. The summed E-state index contributed by atoms with van der Waals surface area (Å²) < 4.78 is 0. The first-order valence-electron chi connectivity index (χ1n) is 14.4. The maximum absolute atomic E-state index is 13.6. The van der Waals surface area contributed by atoms with E-state index in [1.165, 1.54) is 0 Å². The first-order chi connectivity index (χ1) is 19.3. The minimum absolute atomic E-state index is 0.514. The molecule has 0 aliphatic heterocycles. The molecule has 9 nitrogen and oxygen atoms in total. The minimum Gasteiger partial charge on any atom is -0.386 e. The first-order valence-corrected chi connectivity index (χ1v) is 14.4. The van der Waals surface area contributed by atoms with Crippen molar-refractivity contribution in [2.75, 3.05) is 52.3 Å². The second-order valence-electron chi connectivity index (χ2n) is 13.9. The van der Waals surface area contributed by atoms with E-state index in [0.29, 0.717) is 34.1 Å². The number of hydrogen-bond acceptors (Lipinski definition) is 6. The molecule has 0 heterocycles. The van der Waals surface area contributed by atoms with Gasteiger partial charge in [0.2, 0.25) is 0 Å². The van der Waals surface area contributed by atoms with Crippen LogP contribution in [0.25, 0.3) is 32.3 Å². The highest BCUT2D eigenvalue weighted by Crippen LogP contribution is 2.47. The van der Waals surface area contributed by atoms with Gasteiger partial charge in [-0.05, 0) is 131 Å². The molecule has 0 spiro atoms. The molecule has 3 N–H and O–H groups in total. The lowest BCUT2D eigenvalue weighted by molar-refractivity contribution is 0.102. The Hall–Kier alpha value is -3.66. The summed E-state index contributed by atoms with van der Waals surface area (Å²) in [4.78, 5) is 0. The Morgan fingerprint density at radius 1 is 0.405 bits per heavy atom. The SMILES string of the molecule is CNc1cc2c(cc1N([O])C(C)(C)C)c1cc(NC)c(N([O])C(C)(C)C)cc1c1cc(NC)c(N([O])C(C)(C)C)cc21. The van der Waals surface area contributed by atoms with Crippen LogP contribution in [0.4, 0.5) is 34.1 Å². The number of anilines is 6. The van der Waals surface area contributed by atoms with Gasteiger partial charge in [-0.25, -0.2) is 15.2 Å². The lowest BCUT2D eigenvalue weighted by atomic mass is 9.91. The molecule has 0 aliphatic rings. The number of fused-ring (bicyclic) bond motifs is 6. The van der Waals surface area contributed by atoms with E-state index >= 15 is 0 Å². The molecule has 4 rings (SSSR count). The van der Waals surface area contributed by atoms with Crippen molar-refractivity contribution >= 4 is 66.4 Å². The van der Waals surface area contributed by atoms with E-state index in [1.54, 1.807) is 21.1 Å². The normalized spacial score (nSPS) is 12.6. The summed E-state index contributed by atoms with van der Waals surface area (Å²) in [7, 11) is 5.40. The fourth-order valence-electron chi connectivity index (χ4n) is 5.29. The van der Waals surface area contributed by atoms with Gasteiger partial charge in [-0.1, -0.05) is 15.6 Å². The second-order valence-corrected chi connectivity index (χ2v) is 13.9. The van der Waals surface area contributed by atoms with Gasteiger partial charge < -0.3 is 16.0 Å². The third kappa shape index (κ3) is 5.32. The highest BCUT2D eigenvalue weighted by atomic mass is 16.5. The Morgan fingerprint density at radius 2 is 0.595 bits per heavy atom. The third-order valence-corrected chi connectivity index (χ3v) is 7.57. The summed E-state index contributed by atoms with van der Waals surface area (Å²) in [5.41, 5.74) is 1.59. The molecule has 3 radical (unpaired) electrons. The molecule has 0 saturated carbocycles. The molecule has 225 valence electrons. The quantitative estimate of drug-likeness (QED) is 0.159. The van der Waals surface area contributed by atoms with Crippen molar-refractivity contribution in [3.63, 3.8) is 0 Å². The molecule has 42 heavy (non-hydrogen) atoms. The van der Waals surface area contributed by atoms with Crippen molar-refractivity contribution in [1.82, 2.24) is 0 Å². The molecule has 0 saturated heterocycles. The fourth-order valence-corrected chi connectivity index (χ4v) is 5.29. The summed E-state index contributed by atoms with van der Waals surface area (Å²) in [5, 5.41) is 58.6. The maximum atomic E-state index is 13.6. The van der Waals surface area contributed by atoms with Crippen LogP contribution >= 0.6 is 0 Å². The Balaban J connectivity index is 2.29. The molecule has 4 aromatic carbocycles. The van der Waals surface area contributed by atoms with Crippen LogP contribution in [0.3, 0.4) is 0 Å². The molecule has 4 aromatic rings. The zero-order valence-corrected chi connectivity index (χ0v) is 27.0. The first kappa shape index (κ1) is 31.3. The van der Waals surface area contributed by atoms with E-state index in [-0.39, 0.29) is 0 Å². The number of nitrogens with zero attached hydrogens (tertiary/aromatic N) is 3. The molecular formula is C33H45N6O3. The molecule has 0 bridgehead atoms. The van der Waals surface area contributed by atoms with Crippen molar-refractivity contribution in [2.24, 2.45) is 0 Å². The molecule has 0 unspecified atom stereocenters. The third-order valence-electron chi connectivity index (χ3n) is 7.57. The van der Waals surface area contributed by atoms with Crippen LogP contribution < -0.4 is 31.1 Å². The van der Waals surface area contributed by atoms with Crippen LogP contribution in [0.5, 0.6) is 0 Å². The average molecular weight is 574 g/mol. The van der Waals surface area contributed by atoms with Crippen LogP contribution in [0, 0.1) is 0 Å². The van der Waals surface area contributed by atoms with Crippen LogP contribution in [-0.2, 0) is 15.6 Å². The van der Waals surface area contributed by atoms with Crippen LogP contribution in [0.2, 0.25) is 0 Å². The molecule has 0 atom stereocenters.